The zero-order chi connectivity index (χ0) is 13.1. The van der Waals surface area contributed by atoms with E-state index in [9.17, 15) is 10.1 Å². The Bertz CT molecular complexity index is 475. The summed E-state index contributed by atoms with van der Waals surface area (Å²) in [5.74, 6) is 0. The van der Waals surface area contributed by atoms with Crippen LogP contribution in [-0.4, -0.2) is 47.0 Å². The van der Waals surface area contributed by atoms with Gasteiger partial charge in [0.15, 0.2) is 5.13 Å². The van der Waals surface area contributed by atoms with Gasteiger partial charge in [-0.3, -0.25) is 15.0 Å². The van der Waals surface area contributed by atoms with Crippen LogP contribution < -0.4 is 4.90 Å². The molecule has 0 amide bonds. The summed E-state index contributed by atoms with van der Waals surface area (Å²) in [5, 5.41) is 20.2. The SMILES string of the molecule is CC(C#N)N1CCN(c2ncc([N+](=O)[O-])s2)CC1. The highest BCUT2D eigenvalue weighted by Gasteiger charge is 2.23. The molecule has 7 nitrogen and oxygen atoms in total. The summed E-state index contributed by atoms with van der Waals surface area (Å²) in [4.78, 5) is 18.4. The Balaban J connectivity index is 1.97. The molecule has 0 aromatic carbocycles. The molecule has 0 N–H and O–H groups in total. The molecule has 96 valence electrons. The quantitative estimate of drug-likeness (QED) is 0.601. The number of anilines is 1. The molecule has 2 heterocycles. The smallest absolute Gasteiger partial charge is 0.345 e. The number of nitriles is 1. The minimum absolute atomic E-state index is 0.0674. The Morgan fingerprint density at radius 3 is 2.72 bits per heavy atom. The highest BCUT2D eigenvalue weighted by Crippen LogP contribution is 2.28. The van der Waals surface area contributed by atoms with Crippen molar-refractivity contribution < 1.29 is 4.92 Å². The van der Waals surface area contributed by atoms with Gasteiger partial charge in [-0.15, -0.1) is 0 Å². The van der Waals surface area contributed by atoms with E-state index < -0.39 is 4.92 Å². The average molecular weight is 267 g/mol. The molecule has 1 unspecified atom stereocenters. The summed E-state index contributed by atoms with van der Waals surface area (Å²) in [6.07, 6.45) is 1.30. The molecule has 1 saturated heterocycles. The fraction of sp³-hybridized carbons (Fsp3) is 0.600. The van der Waals surface area contributed by atoms with Crippen LogP contribution in [0.2, 0.25) is 0 Å². The molecule has 8 heteroatoms. The van der Waals surface area contributed by atoms with Crippen molar-refractivity contribution in [3.8, 4) is 6.07 Å². The minimum Gasteiger partial charge on any atom is -0.345 e. The number of aromatic nitrogens is 1. The second-order valence-electron chi connectivity index (χ2n) is 4.07. The Labute approximate surface area is 108 Å². The van der Waals surface area contributed by atoms with E-state index >= 15 is 0 Å². The van der Waals surface area contributed by atoms with Crippen LogP contribution in [0.5, 0.6) is 0 Å². The molecule has 1 aromatic rings. The number of nitrogens with zero attached hydrogens (tertiary/aromatic N) is 5. The van der Waals surface area contributed by atoms with Gasteiger partial charge in [-0.1, -0.05) is 0 Å². The first-order chi connectivity index (χ1) is 8.61. The van der Waals surface area contributed by atoms with Gasteiger partial charge >= 0.3 is 5.00 Å². The van der Waals surface area contributed by atoms with E-state index in [-0.39, 0.29) is 11.0 Å². The van der Waals surface area contributed by atoms with Gasteiger partial charge in [-0.2, -0.15) is 5.26 Å². The highest BCUT2D eigenvalue weighted by atomic mass is 32.1. The Morgan fingerprint density at radius 1 is 1.56 bits per heavy atom. The van der Waals surface area contributed by atoms with Crippen molar-refractivity contribution in [1.29, 1.82) is 5.26 Å². The van der Waals surface area contributed by atoms with Gasteiger partial charge in [-0.05, 0) is 18.3 Å². The van der Waals surface area contributed by atoms with Gasteiger partial charge in [0, 0.05) is 26.2 Å². The van der Waals surface area contributed by atoms with E-state index in [2.05, 4.69) is 16.0 Å². The van der Waals surface area contributed by atoms with Crippen molar-refractivity contribution in [2.45, 2.75) is 13.0 Å². The summed E-state index contributed by atoms with van der Waals surface area (Å²) in [6.45, 7) is 4.93. The lowest BCUT2D eigenvalue weighted by Crippen LogP contribution is -2.49. The van der Waals surface area contributed by atoms with E-state index in [1.807, 2.05) is 11.8 Å². The molecule has 1 aromatic heterocycles. The molecular weight excluding hydrogens is 254 g/mol. The molecule has 2 rings (SSSR count). The third kappa shape index (κ3) is 2.57. The number of rotatable bonds is 3. The first-order valence-electron chi connectivity index (χ1n) is 5.60. The third-order valence-corrected chi connectivity index (χ3v) is 3.99. The van der Waals surface area contributed by atoms with Gasteiger partial charge in [0.05, 0.1) is 17.0 Å². The molecule has 1 atom stereocenters. The van der Waals surface area contributed by atoms with E-state index in [1.54, 1.807) is 0 Å². The topological polar surface area (TPSA) is 86.3 Å². The van der Waals surface area contributed by atoms with Crippen LogP contribution in [0.3, 0.4) is 0 Å². The molecule has 0 radical (unpaired) electrons. The minimum atomic E-state index is -0.421. The standard InChI is InChI=1S/C10H13N5O2S/c1-8(6-11)13-2-4-14(5-3-13)10-12-7-9(18-10)15(16)17/h7-8H,2-5H2,1H3. The summed E-state index contributed by atoms with van der Waals surface area (Å²) in [7, 11) is 0. The number of thiazole rings is 1. The summed E-state index contributed by atoms with van der Waals surface area (Å²) >= 11 is 1.10. The molecular formula is C10H13N5O2S. The molecule has 1 aliphatic heterocycles. The lowest BCUT2D eigenvalue weighted by atomic mass is 10.2. The van der Waals surface area contributed by atoms with Crippen molar-refractivity contribution in [3.05, 3.63) is 16.3 Å². The zero-order valence-corrected chi connectivity index (χ0v) is 10.8. The van der Waals surface area contributed by atoms with Crippen LogP contribution in [0.4, 0.5) is 10.1 Å². The van der Waals surface area contributed by atoms with E-state index in [0.717, 1.165) is 37.5 Å². The van der Waals surface area contributed by atoms with Crippen LogP contribution >= 0.6 is 11.3 Å². The second-order valence-corrected chi connectivity index (χ2v) is 5.05. The maximum Gasteiger partial charge on any atom is 0.345 e. The number of piperazine rings is 1. The Hall–Kier alpha value is -1.72. The van der Waals surface area contributed by atoms with E-state index in [4.69, 9.17) is 5.26 Å². The van der Waals surface area contributed by atoms with Crippen molar-refractivity contribution in [2.24, 2.45) is 0 Å². The van der Waals surface area contributed by atoms with Gasteiger partial charge in [0.1, 0.15) is 6.20 Å². The fourth-order valence-corrected chi connectivity index (χ4v) is 2.65. The molecule has 18 heavy (non-hydrogen) atoms. The van der Waals surface area contributed by atoms with Crippen LogP contribution in [0.1, 0.15) is 6.92 Å². The van der Waals surface area contributed by atoms with Crippen molar-refractivity contribution in [3.63, 3.8) is 0 Å². The normalized spacial score (nSPS) is 18.3. The number of nitro groups is 1. The van der Waals surface area contributed by atoms with E-state index in [0.29, 0.717) is 5.13 Å². The molecule has 0 aliphatic carbocycles. The Morgan fingerprint density at radius 2 is 2.22 bits per heavy atom. The monoisotopic (exact) mass is 267 g/mol. The maximum atomic E-state index is 10.6. The molecule has 1 fully saturated rings. The van der Waals surface area contributed by atoms with Gasteiger partial charge < -0.3 is 4.90 Å². The summed E-state index contributed by atoms with van der Waals surface area (Å²) in [6, 6.07) is 2.13. The highest BCUT2D eigenvalue weighted by molar-refractivity contribution is 7.18. The van der Waals surface area contributed by atoms with E-state index in [1.165, 1.54) is 6.20 Å². The molecule has 0 saturated carbocycles. The van der Waals surface area contributed by atoms with Crippen LogP contribution in [-0.2, 0) is 0 Å². The predicted octanol–water partition coefficient (Wildman–Crippen LogP) is 1.09. The molecule has 0 spiro atoms. The van der Waals surface area contributed by atoms with Crippen LogP contribution in [0.15, 0.2) is 6.20 Å². The maximum absolute atomic E-state index is 10.6. The first-order valence-corrected chi connectivity index (χ1v) is 6.42. The summed E-state index contributed by atoms with van der Waals surface area (Å²) < 4.78 is 0. The van der Waals surface area contributed by atoms with Crippen LogP contribution in [0, 0.1) is 21.4 Å². The van der Waals surface area contributed by atoms with Gasteiger partial charge in [0.25, 0.3) is 0 Å². The fourth-order valence-electron chi connectivity index (χ4n) is 1.87. The lowest BCUT2D eigenvalue weighted by Gasteiger charge is -2.35. The number of hydrogen-bond acceptors (Lipinski definition) is 7. The average Bonchev–Trinajstić information content (AvgIpc) is 2.88. The largest absolute Gasteiger partial charge is 0.345 e. The van der Waals surface area contributed by atoms with Crippen molar-refractivity contribution >= 4 is 21.5 Å². The first kappa shape index (κ1) is 12.7. The van der Waals surface area contributed by atoms with Gasteiger partial charge in [-0.25, -0.2) is 4.98 Å². The van der Waals surface area contributed by atoms with Crippen molar-refractivity contribution in [2.75, 3.05) is 31.1 Å². The van der Waals surface area contributed by atoms with Gasteiger partial charge in [0.2, 0.25) is 0 Å². The second kappa shape index (κ2) is 5.29. The third-order valence-electron chi connectivity index (χ3n) is 2.98. The van der Waals surface area contributed by atoms with Crippen LogP contribution in [0.25, 0.3) is 0 Å². The number of hydrogen-bond donors (Lipinski definition) is 0. The molecule has 1 aliphatic rings. The molecule has 0 bridgehead atoms. The Kier molecular flexibility index (Phi) is 3.74. The summed E-state index contributed by atoms with van der Waals surface area (Å²) in [5.41, 5.74) is 0. The van der Waals surface area contributed by atoms with Crippen molar-refractivity contribution in [1.82, 2.24) is 9.88 Å². The zero-order valence-electron chi connectivity index (χ0n) is 9.94. The predicted molar refractivity (Wildman–Crippen MR) is 67.6 cm³/mol. The lowest BCUT2D eigenvalue weighted by molar-refractivity contribution is -0.380.